The summed E-state index contributed by atoms with van der Waals surface area (Å²) in [5.41, 5.74) is 2.06. The highest BCUT2D eigenvalue weighted by molar-refractivity contribution is 4.50. The van der Waals surface area contributed by atoms with Crippen LogP contribution in [0.3, 0.4) is 0 Å². The molecule has 1 atom stereocenters. The zero-order valence-corrected chi connectivity index (χ0v) is 4.92. The van der Waals surface area contributed by atoms with Gasteiger partial charge in [-0.1, -0.05) is 0 Å². The zero-order valence-electron chi connectivity index (χ0n) is 4.92. The summed E-state index contributed by atoms with van der Waals surface area (Å²) in [5.74, 6) is 4.72. The summed E-state index contributed by atoms with van der Waals surface area (Å²) in [4.78, 5) is 4.26. The van der Waals surface area contributed by atoms with Crippen molar-refractivity contribution in [3.8, 4) is 0 Å². The molecule has 0 amide bonds. The monoisotopic (exact) mass is 120 g/mol. The van der Waals surface area contributed by atoms with E-state index >= 15 is 0 Å². The van der Waals surface area contributed by atoms with Gasteiger partial charge in [0, 0.05) is 6.04 Å². The Hall–Kier alpha value is -0.160. The summed E-state index contributed by atoms with van der Waals surface area (Å²) >= 11 is 0. The van der Waals surface area contributed by atoms with Crippen LogP contribution in [0.2, 0.25) is 0 Å². The number of nitrogens with two attached hydrogens (primary N) is 1. The van der Waals surface area contributed by atoms with Crippen LogP contribution in [0.4, 0.5) is 0 Å². The summed E-state index contributed by atoms with van der Waals surface area (Å²) < 4.78 is 0. The molecule has 0 aliphatic carbocycles. The molecule has 0 aromatic heterocycles. The Morgan fingerprint density at radius 1 is 1.88 bits per heavy atom. The van der Waals surface area contributed by atoms with E-state index in [1.807, 2.05) is 6.92 Å². The molecule has 8 heavy (non-hydrogen) atoms. The molecule has 0 saturated heterocycles. The van der Waals surface area contributed by atoms with Gasteiger partial charge in [0.25, 0.3) is 0 Å². The highest BCUT2D eigenvalue weighted by Gasteiger charge is 1.95. The second-order valence-electron chi connectivity index (χ2n) is 1.69. The fraction of sp³-hybridized carbons (Fsp3) is 1.00. The van der Waals surface area contributed by atoms with Gasteiger partial charge in [0.05, 0.1) is 6.61 Å². The Morgan fingerprint density at radius 3 is 2.88 bits per heavy atom. The maximum absolute atomic E-state index is 8.22. The third-order valence-corrected chi connectivity index (χ3v) is 0.889. The largest absolute Gasteiger partial charge is 0.317 e. The molecule has 0 aromatic rings. The molecule has 0 saturated carbocycles. The normalized spacial score (nSPS) is 13.9. The first-order chi connectivity index (χ1) is 3.81. The highest BCUT2D eigenvalue weighted by Crippen LogP contribution is 1.86. The van der Waals surface area contributed by atoms with Gasteiger partial charge in [0.2, 0.25) is 0 Å². The van der Waals surface area contributed by atoms with Crippen molar-refractivity contribution >= 4 is 0 Å². The van der Waals surface area contributed by atoms with E-state index in [-0.39, 0.29) is 6.04 Å². The molecule has 0 heterocycles. The molecule has 50 valence electrons. The molecule has 4 nitrogen and oxygen atoms in total. The van der Waals surface area contributed by atoms with Crippen molar-refractivity contribution in [2.45, 2.75) is 19.4 Å². The summed E-state index contributed by atoms with van der Waals surface area (Å²) in [6.07, 6.45) is 0.715. The molecule has 0 fully saturated rings. The fourth-order valence-electron chi connectivity index (χ4n) is 0.309. The van der Waals surface area contributed by atoms with Crippen molar-refractivity contribution in [3.63, 3.8) is 0 Å². The Balaban J connectivity index is 2.86. The Morgan fingerprint density at radius 2 is 2.50 bits per heavy atom. The van der Waals surface area contributed by atoms with Crippen LogP contribution in [-0.4, -0.2) is 17.9 Å². The first kappa shape index (κ1) is 7.84. The molecule has 4 heteroatoms. The summed E-state index contributed by atoms with van der Waals surface area (Å²) in [5, 5.41) is 8.22. The average Bonchev–Trinajstić information content (AvgIpc) is 1.83. The van der Waals surface area contributed by atoms with Crippen LogP contribution in [0, 0.1) is 0 Å². The molecule has 4 N–H and O–H groups in total. The molecule has 0 aliphatic rings. The first-order valence-corrected chi connectivity index (χ1v) is 2.52. The van der Waals surface area contributed by atoms with Crippen LogP contribution in [0.25, 0.3) is 0 Å². The lowest BCUT2D eigenvalue weighted by atomic mass is 10.3. The minimum Gasteiger partial charge on any atom is -0.317 e. The topological polar surface area (TPSA) is 67.5 Å². The standard InChI is InChI=1S/C4H12N2O2/c1-4(6-7)2-3-8-5/h4,6-7H,2-3,5H2,1H3/t4-/m0/s1. The Bertz CT molecular complexity index is 51.3. The van der Waals surface area contributed by atoms with E-state index in [0.717, 1.165) is 0 Å². The van der Waals surface area contributed by atoms with Crippen molar-refractivity contribution in [1.82, 2.24) is 5.48 Å². The number of hydrogen-bond acceptors (Lipinski definition) is 4. The van der Waals surface area contributed by atoms with Crippen molar-refractivity contribution in [3.05, 3.63) is 0 Å². The Kier molecular flexibility index (Phi) is 4.89. The van der Waals surface area contributed by atoms with Crippen LogP contribution in [-0.2, 0) is 4.84 Å². The predicted molar refractivity (Wildman–Crippen MR) is 29.1 cm³/mol. The maximum Gasteiger partial charge on any atom is 0.0694 e. The molecule has 0 bridgehead atoms. The van der Waals surface area contributed by atoms with E-state index in [9.17, 15) is 0 Å². The van der Waals surface area contributed by atoms with Gasteiger partial charge < -0.3 is 10.0 Å². The van der Waals surface area contributed by atoms with Crippen molar-refractivity contribution in [1.29, 1.82) is 0 Å². The van der Waals surface area contributed by atoms with Gasteiger partial charge in [-0.3, -0.25) is 0 Å². The van der Waals surface area contributed by atoms with E-state index in [2.05, 4.69) is 10.3 Å². The minimum atomic E-state index is 0.0542. The van der Waals surface area contributed by atoms with Gasteiger partial charge in [-0.25, -0.2) is 11.4 Å². The van der Waals surface area contributed by atoms with Crippen molar-refractivity contribution in [2.75, 3.05) is 6.61 Å². The summed E-state index contributed by atoms with van der Waals surface area (Å²) in [6.45, 7) is 2.30. The second-order valence-corrected chi connectivity index (χ2v) is 1.69. The molecule has 0 unspecified atom stereocenters. The third-order valence-electron chi connectivity index (χ3n) is 0.889. The highest BCUT2D eigenvalue weighted by atomic mass is 16.6. The molecule has 0 radical (unpaired) electrons. The van der Waals surface area contributed by atoms with Crippen molar-refractivity contribution < 1.29 is 10.0 Å². The van der Waals surface area contributed by atoms with Crippen LogP contribution in [0.1, 0.15) is 13.3 Å². The number of hydroxylamine groups is 1. The molecular weight excluding hydrogens is 108 g/mol. The van der Waals surface area contributed by atoms with E-state index in [1.165, 1.54) is 0 Å². The van der Waals surface area contributed by atoms with Gasteiger partial charge in [-0.2, -0.15) is 0 Å². The van der Waals surface area contributed by atoms with Crippen LogP contribution < -0.4 is 11.4 Å². The third kappa shape index (κ3) is 4.01. The average molecular weight is 120 g/mol. The predicted octanol–water partition coefficient (Wildman–Crippen LogP) is -0.366. The zero-order chi connectivity index (χ0) is 6.41. The van der Waals surface area contributed by atoms with E-state index < -0.39 is 0 Å². The van der Waals surface area contributed by atoms with Crippen molar-refractivity contribution in [2.24, 2.45) is 5.90 Å². The minimum absolute atomic E-state index is 0.0542. The van der Waals surface area contributed by atoms with Gasteiger partial charge in [0.15, 0.2) is 0 Å². The lowest BCUT2D eigenvalue weighted by Gasteiger charge is -2.05. The molecular formula is C4H12N2O2. The smallest absolute Gasteiger partial charge is 0.0694 e. The number of hydrogen-bond donors (Lipinski definition) is 3. The summed E-state index contributed by atoms with van der Waals surface area (Å²) in [6, 6.07) is 0.0542. The van der Waals surface area contributed by atoms with Gasteiger partial charge in [-0.15, -0.1) is 0 Å². The molecule has 0 rings (SSSR count). The number of nitrogens with one attached hydrogen (secondary N) is 1. The first-order valence-electron chi connectivity index (χ1n) is 2.52. The van der Waals surface area contributed by atoms with Crippen LogP contribution in [0.5, 0.6) is 0 Å². The molecule has 0 spiro atoms. The van der Waals surface area contributed by atoms with Gasteiger partial charge >= 0.3 is 0 Å². The summed E-state index contributed by atoms with van der Waals surface area (Å²) in [7, 11) is 0. The lowest BCUT2D eigenvalue weighted by Crippen LogP contribution is -2.24. The second kappa shape index (κ2) is 4.99. The molecule has 0 aliphatic heterocycles. The fourth-order valence-corrected chi connectivity index (χ4v) is 0.309. The van der Waals surface area contributed by atoms with E-state index in [1.54, 1.807) is 0 Å². The number of rotatable bonds is 4. The van der Waals surface area contributed by atoms with Gasteiger partial charge in [-0.05, 0) is 13.3 Å². The van der Waals surface area contributed by atoms with Gasteiger partial charge in [0.1, 0.15) is 0 Å². The lowest BCUT2D eigenvalue weighted by molar-refractivity contribution is 0.0882. The quantitative estimate of drug-likeness (QED) is 0.443. The van der Waals surface area contributed by atoms with E-state index in [4.69, 9.17) is 11.1 Å². The van der Waals surface area contributed by atoms with E-state index in [0.29, 0.717) is 13.0 Å². The van der Waals surface area contributed by atoms with Crippen LogP contribution >= 0.6 is 0 Å². The maximum atomic E-state index is 8.22. The molecule has 0 aromatic carbocycles. The van der Waals surface area contributed by atoms with Crippen LogP contribution in [0.15, 0.2) is 0 Å². The Labute approximate surface area is 48.5 Å². The SMILES string of the molecule is C[C@@H](CCON)NO.